The van der Waals surface area contributed by atoms with Gasteiger partial charge < -0.3 is 14.6 Å². The molecule has 0 amide bonds. The number of carbonyl (C=O) groups excluding carboxylic acids is 1. The summed E-state index contributed by atoms with van der Waals surface area (Å²) in [4.78, 5) is 12.4. The molecule has 0 aromatic heterocycles. The van der Waals surface area contributed by atoms with E-state index in [9.17, 15) is 31.5 Å². The summed E-state index contributed by atoms with van der Waals surface area (Å²) in [5.41, 5.74) is -3.71. The van der Waals surface area contributed by atoms with E-state index < -0.39 is 56.8 Å². The summed E-state index contributed by atoms with van der Waals surface area (Å²) in [6.45, 7) is 4.80. The molecule has 2 N–H and O–H groups in total. The third-order valence-electron chi connectivity index (χ3n) is 5.60. The van der Waals surface area contributed by atoms with Crippen molar-refractivity contribution in [1.29, 1.82) is 0 Å². The summed E-state index contributed by atoms with van der Waals surface area (Å²) in [7, 11) is -5.03. The molecular formula is C13H19F3O7S. The lowest BCUT2D eigenvalue weighted by Crippen LogP contribution is -2.52. The van der Waals surface area contributed by atoms with Crippen molar-refractivity contribution in [3.05, 3.63) is 0 Å². The van der Waals surface area contributed by atoms with Crippen LogP contribution in [0.25, 0.3) is 0 Å². The van der Waals surface area contributed by atoms with Crippen LogP contribution in [-0.2, 0) is 24.4 Å². The van der Waals surface area contributed by atoms with Crippen molar-refractivity contribution in [3.63, 3.8) is 0 Å². The van der Waals surface area contributed by atoms with Gasteiger partial charge in [0.2, 0.25) is 6.10 Å². The second kappa shape index (κ2) is 5.29. The minimum Gasteiger partial charge on any atom is -0.449 e. The minimum absolute atomic E-state index is 0.0306. The zero-order valence-electron chi connectivity index (χ0n) is 13.3. The van der Waals surface area contributed by atoms with Gasteiger partial charge in [0.05, 0.1) is 0 Å². The largest absolute Gasteiger partial charge is 0.449 e. The molecule has 140 valence electrons. The molecule has 4 atom stereocenters. The van der Waals surface area contributed by atoms with Crippen LogP contribution in [0.3, 0.4) is 0 Å². The lowest BCUT2D eigenvalue weighted by molar-refractivity contribution is -0.240. The molecule has 2 fully saturated rings. The van der Waals surface area contributed by atoms with Gasteiger partial charge in [-0.2, -0.15) is 21.6 Å². The first kappa shape index (κ1) is 19.4. The lowest BCUT2D eigenvalue weighted by Gasteiger charge is -2.37. The first-order valence-electron chi connectivity index (χ1n) is 7.16. The Morgan fingerprint density at radius 2 is 1.88 bits per heavy atom. The van der Waals surface area contributed by atoms with Crippen LogP contribution in [0.5, 0.6) is 0 Å². The third-order valence-corrected chi connectivity index (χ3v) is 6.32. The van der Waals surface area contributed by atoms with Crippen LogP contribution in [0.1, 0.15) is 33.6 Å². The van der Waals surface area contributed by atoms with Gasteiger partial charge in [-0.15, -0.1) is 0 Å². The molecule has 1 aliphatic carbocycles. The number of aliphatic hydroxyl groups is 1. The molecule has 1 aliphatic heterocycles. The smallest absolute Gasteiger partial charge is 0.426 e. The highest BCUT2D eigenvalue weighted by Crippen LogP contribution is 2.67. The zero-order chi connectivity index (χ0) is 18.8. The van der Waals surface area contributed by atoms with Gasteiger partial charge >= 0.3 is 12.1 Å². The van der Waals surface area contributed by atoms with Crippen molar-refractivity contribution < 1.29 is 45.5 Å². The fraction of sp³-hybridized carbons (Fsp3) is 0.923. The highest BCUT2D eigenvalue weighted by atomic mass is 32.2. The normalized spacial score (nSPS) is 36.6. The maximum atomic E-state index is 12.9. The molecule has 7 nitrogen and oxygen atoms in total. The second-order valence-corrected chi connectivity index (χ2v) is 8.52. The number of hydrogen-bond acceptors (Lipinski definition) is 6. The Balaban J connectivity index is 2.31. The van der Waals surface area contributed by atoms with Gasteiger partial charge in [0.15, 0.2) is 11.9 Å². The van der Waals surface area contributed by atoms with E-state index in [-0.39, 0.29) is 6.42 Å². The van der Waals surface area contributed by atoms with E-state index in [1.807, 2.05) is 0 Å². The van der Waals surface area contributed by atoms with Crippen LogP contribution in [0, 0.1) is 10.8 Å². The van der Waals surface area contributed by atoms with Gasteiger partial charge in [-0.25, -0.2) is 4.79 Å². The quantitative estimate of drug-likeness (QED) is 0.561. The molecule has 1 heterocycles. The van der Waals surface area contributed by atoms with Crippen molar-refractivity contribution in [2.45, 2.75) is 57.8 Å². The summed E-state index contributed by atoms with van der Waals surface area (Å²) < 4.78 is 78.7. The maximum absolute atomic E-state index is 12.9. The van der Waals surface area contributed by atoms with Crippen molar-refractivity contribution in [3.8, 4) is 0 Å². The standard InChI is InChI=1S/C13H19F3O7S/c1-10(2)11(3)4-5-12(10,23-8(11)17)9(18)22-7(13(14,15)16)6-24(19,20)21/h7-8,17H,4-6H2,1-3H3,(H,19,20,21). The third kappa shape index (κ3) is 2.71. The summed E-state index contributed by atoms with van der Waals surface area (Å²) in [5.74, 6) is -3.21. The van der Waals surface area contributed by atoms with Crippen molar-refractivity contribution >= 4 is 16.1 Å². The molecule has 11 heteroatoms. The topological polar surface area (TPSA) is 110 Å². The van der Waals surface area contributed by atoms with Crippen LogP contribution in [-0.4, -0.2) is 54.0 Å². The van der Waals surface area contributed by atoms with E-state index in [2.05, 4.69) is 4.74 Å². The first-order valence-corrected chi connectivity index (χ1v) is 8.77. The van der Waals surface area contributed by atoms with Crippen molar-refractivity contribution in [2.75, 3.05) is 5.75 Å². The highest BCUT2D eigenvalue weighted by Gasteiger charge is 2.75. The van der Waals surface area contributed by atoms with Gasteiger partial charge in [0.1, 0.15) is 5.75 Å². The summed E-state index contributed by atoms with van der Waals surface area (Å²) in [5, 5.41) is 10.0. The number of ether oxygens (including phenoxy) is 2. The average Bonchev–Trinajstić information content (AvgIpc) is 2.65. The molecule has 0 spiro atoms. The SMILES string of the molecule is CC12CCC(C(=O)OC(CS(=O)(=O)O)C(F)(F)F)(OC1O)C2(C)C. The number of aliphatic hydroxyl groups excluding tert-OH is 1. The van der Waals surface area contributed by atoms with Crippen LogP contribution >= 0.6 is 0 Å². The van der Waals surface area contributed by atoms with Gasteiger partial charge in [0.25, 0.3) is 10.1 Å². The number of fused-ring (bicyclic) bond motifs is 2. The van der Waals surface area contributed by atoms with E-state index in [0.29, 0.717) is 6.42 Å². The van der Waals surface area contributed by atoms with Crippen LogP contribution in [0.4, 0.5) is 13.2 Å². The Hall–Kier alpha value is -0.910. The van der Waals surface area contributed by atoms with Gasteiger partial charge in [-0.05, 0) is 12.8 Å². The monoisotopic (exact) mass is 376 g/mol. The van der Waals surface area contributed by atoms with Gasteiger partial charge in [0, 0.05) is 10.8 Å². The number of hydrogen-bond donors (Lipinski definition) is 2. The molecular weight excluding hydrogens is 357 g/mol. The van der Waals surface area contributed by atoms with Crippen LogP contribution in [0.2, 0.25) is 0 Å². The van der Waals surface area contributed by atoms with E-state index in [1.54, 1.807) is 20.8 Å². The van der Waals surface area contributed by atoms with E-state index in [0.717, 1.165) is 0 Å². The number of alkyl halides is 3. The molecule has 1 saturated carbocycles. The van der Waals surface area contributed by atoms with E-state index in [1.165, 1.54) is 0 Å². The summed E-state index contributed by atoms with van der Waals surface area (Å²) in [6, 6.07) is 0. The number of halogens is 3. The number of rotatable bonds is 4. The first-order chi connectivity index (χ1) is 10.6. The van der Waals surface area contributed by atoms with Crippen molar-refractivity contribution in [1.82, 2.24) is 0 Å². The van der Waals surface area contributed by atoms with Gasteiger partial charge in [-0.1, -0.05) is 20.8 Å². The molecule has 2 bridgehead atoms. The fourth-order valence-electron chi connectivity index (χ4n) is 3.50. The predicted molar refractivity (Wildman–Crippen MR) is 73.3 cm³/mol. The predicted octanol–water partition coefficient (Wildman–Crippen LogP) is 1.26. The number of esters is 1. The average molecular weight is 376 g/mol. The van der Waals surface area contributed by atoms with E-state index >= 15 is 0 Å². The molecule has 2 aliphatic rings. The Kier molecular flexibility index (Phi) is 4.28. The number of carbonyl (C=O) groups is 1. The van der Waals surface area contributed by atoms with Crippen molar-refractivity contribution in [2.24, 2.45) is 10.8 Å². The maximum Gasteiger partial charge on any atom is 0.426 e. The zero-order valence-corrected chi connectivity index (χ0v) is 14.1. The molecule has 1 saturated heterocycles. The Labute approximate surface area is 136 Å². The minimum atomic E-state index is -5.19. The van der Waals surface area contributed by atoms with Crippen LogP contribution < -0.4 is 0 Å². The van der Waals surface area contributed by atoms with Gasteiger partial charge in [-0.3, -0.25) is 4.55 Å². The Bertz CT molecular complexity index is 644. The van der Waals surface area contributed by atoms with Crippen LogP contribution in [0.15, 0.2) is 0 Å². The fourth-order valence-corrected chi connectivity index (χ4v) is 4.14. The summed E-state index contributed by atoms with van der Waals surface area (Å²) in [6.07, 6.45) is -9.22. The highest BCUT2D eigenvalue weighted by molar-refractivity contribution is 7.85. The molecule has 2 rings (SSSR count). The Morgan fingerprint density at radius 1 is 1.33 bits per heavy atom. The summed E-state index contributed by atoms with van der Waals surface area (Å²) >= 11 is 0. The molecule has 24 heavy (non-hydrogen) atoms. The molecule has 0 aromatic carbocycles. The van der Waals surface area contributed by atoms with E-state index in [4.69, 9.17) is 9.29 Å². The molecule has 0 radical (unpaired) electrons. The second-order valence-electron chi connectivity index (χ2n) is 7.02. The lowest BCUT2D eigenvalue weighted by atomic mass is 9.66. The Morgan fingerprint density at radius 3 is 2.21 bits per heavy atom. The molecule has 4 unspecified atom stereocenters. The molecule has 0 aromatic rings.